The summed E-state index contributed by atoms with van der Waals surface area (Å²) in [6, 6.07) is 8.52. The number of halogens is 2. The number of nitrogens with zero attached hydrogens (tertiary/aromatic N) is 2. The van der Waals surface area contributed by atoms with Crippen LogP contribution in [0.25, 0.3) is 0 Å². The summed E-state index contributed by atoms with van der Waals surface area (Å²) in [5.74, 6) is -0.488. The number of nitro groups is 1. The molecule has 1 heterocycles. The van der Waals surface area contributed by atoms with Gasteiger partial charge in [-0.2, -0.15) is 0 Å². The number of amides is 1. The number of hydrogen-bond donors (Lipinski definition) is 0. The van der Waals surface area contributed by atoms with Gasteiger partial charge in [-0.05, 0) is 37.1 Å². The maximum atomic E-state index is 13.0. The minimum Gasteiger partial charge on any atom is -0.308 e. The maximum Gasteiger partial charge on any atom is 0.270 e. The Balaban J connectivity index is 2.05. The predicted octanol–water partition coefficient (Wildman–Crippen LogP) is 4.92. The summed E-state index contributed by atoms with van der Waals surface area (Å²) >= 11 is 12.1. The number of anilines is 1. The van der Waals surface area contributed by atoms with E-state index in [-0.39, 0.29) is 22.1 Å². The lowest BCUT2D eigenvalue weighted by atomic mass is 9.99. The fraction of sp³-hybridized carbons (Fsp3) is 0.222. The summed E-state index contributed by atoms with van der Waals surface area (Å²) in [5, 5.41) is 11.3. The van der Waals surface area contributed by atoms with Gasteiger partial charge in [-0.25, -0.2) is 0 Å². The molecule has 2 aromatic carbocycles. The molecule has 1 aliphatic rings. The highest BCUT2D eigenvalue weighted by molar-refractivity contribution is 6.35. The number of ketones is 1. The monoisotopic (exact) mass is 392 g/mol. The van der Waals surface area contributed by atoms with Crippen LogP contribution in [0.3, 0.4) is 0 Å². The number of non-ortho nitro benzene ring substituents is 1. The molecular formula is C18H14Cl2N2O4. The molecule has 0 bridgehead atoms. The highest BCUT2D eigenvalue weighted by Gasteiger charge is 2.27. The fourth-order valence-corrected chi connectivity index (χ4v) is 3.35. The van der Waals surface area contributed by atoms with Crippen molar-refractivity contribution in [2.45, 2.75) is 19.3 Å². The van der Waals surface area contributed by atoms with Gasteiger partial charge >= 0.3 is 0 Å². The smallest absolute Gasteiger partial charge is 0.270 e. The minimum absolute atomic E-state index is 0.00639. The molecule has 0 N–H and O–H groups in total. The third-order valence-electron chi connectivity index (χ3n) is 4.22. The van der Waals surface area contributed by atoms with E-state index in [4.69, 9.17) is 23.2 Å². The van der Waals surface area contributed by atoms with E-state index in [1.807, 2.05) is 0 Å². The summed E-state index contributed by atoms with van der Waals surface area (Å²) in [6.45, 7) is 0.411. The van der Waals surface area contributed by atoms with Crippen LogP contribution < -0.4 is 4.90 Å². The highest BCUT2D eigenvalue weighted by atomic mass is 35.5. The highest BCUT2D eigenvalue weighted by Crippen LogP contribution is 2.31. The molecular weight excluding hydrogens is 379 g/mol. The number of carbonyl (C=O) groups is 2. The molecule has 1 aliphatic heterocycles. The molecule has 0 unspecified atom stereocenters. The molecule has 0 aromatic heterocycles. The summed E-state index contributed by atoms with van der Waals surface area (Å²) in [7, 11) is 0. The number of hydrogen-bond acceptors (Lipinski definition) is 4. The molecule has 0 radical (unpaired) electrons. The number of Topliss-reactive ketones (excluding diaryl/α,β-unsaturated/α-hetero) is 1. The van der Waals surface area contributed by atoms with Crippen molar-refractivity contribution in [3.63, 3.8) is 0 Å². The molecule has 0 aliphatic carbocycles. The van der Waals surface area contributed by atoms with Gasteiger partial charge in [0, 0.05) is 35.7 Å². The number of nitro benzene ring substituents is 1. The molecule has 3 rings (SSSR count). The van der Waals surface area contributed by atoms with E-state index in [1.165, 1.54) is 17.0 Å². The molecule has 0 spiro atoms. The third-order valence-corrected chi connectivity index (χ3v) is 4.77. The van der Waals surface area contributed by atoms with Crippen LogP contribution in [0.15, 0.2) is 36.4 Å². The second-order valence-corrected chi connectivity index (χ2v) is 6.76. The molecule has 26 heavy (non-hydrogen) atoms. The molecule has 8 heteroatoms. The Hall–Kier alpha value is -2.44. The van der Waals surface area contributed by atoms with Gasteiger partial charge in [0.15, 0.2) is 5.78 Å². The van der Waals surface area contributed by atoms with Crippen molar-refractivity contribution in [3.05, 3.63) is 67.7 Å². The predicted molar refractivity (Wildman–Crippen MR) is 99.4 cm³/mol. The van der Waals surface area contributed by atoms with Gasteiger partial charge in [0.25, 0.3) is 11.6 Å². The first-order chi connectivity index (χ1) is 12.4. The van der Waals surface area contributed by atoms with Crippen molar-refractivity contribution in [2.24, 2.45) is 0 Å². The van der Waals surface area contributed by atoms with Crippen LogP contribution in [0.5, 0.6) is 0 Å². The standard InChI is InChI=1S/C18H14Cl2N2O4/c19-11-4-7-16-14(9-11)17(23)3-1-2-8-21(16)18(24)13-6-5-12(22(25)26)10-15(13)20/h4-7,9-10H,1-3,8H2. The van der Waals surface area contributed by atoms with E-state index in [0.29, 0.717) is 42.1 Å². The van der Waals surface area contributed by atoms with Crippen molar-refractivity contribution < 1.29 is 14.5 Å². The Morgan fingerprint density at radius 1 is 1.12 bits per heavy atom. The molecule has 0 atom stereocenters. The summed E-state index contributed by atoms with van der Waals surface area (Å²) in [4.78, 5) is 37.2. The zero-order valence-electron chi connectivity index (χ0n) is 13.6. The van der Waals surface area contributed by atoms with Crippen molar-refractivity contribution >= 4 is 46.3 Å². The second-order valence-electron chi connectivity index (χ2n) is 5.92. The van der Waals surface area contributed by atoms with Gasteiger partial charge in [-0.1, -0.05) is 23.2 Å². The van der Waals surface area contributed by atoms with Gasteiger partial charge in [0.2, 0.25) is 0 Å². The van der Waals surface area contributed by atoms with Gasteiger partial charge in [-0.3, -0.25) is 19.7 Å². The third kappa shape index (κ3) is 3.57. The molecule has 0 saturated heterocycles. The van der Waals surface area contributed by atoms with Crippen molar-refractivity contribution in [2.75, 3.05) is 11.4 Å². The van der Waals surface area contributed by atoms with Gasteiger partial charge in [0.05, 0.1) is 21.2 Å². The number of fused-ring (bicyclic) bond motifs is 1. The summed E-state index contributed by atoms with van der Waals surface area (Å²) in [6.07, 6.45) is 1.71. The first-order valence-electron chi connectivity index (χ1n) is 7.97. The van der Waals surface area contributed by atoms with Gasteiger partial charge < -0.3 is 4.90 Å². The topological polar surface area (TPSA) is 80.5 Å². The molecule has 134 valence electrons. The lowest BCUT2D eigenvalue weighted by molar-refractivity contribution is -0.384. The Labute approximate surface area is 159 Å². The van der Waals surface area contributed by atoms with Crippen molar-refractivity contribution in [3.8, 4) is 0 Å². The molecule has 0 saturated carbocycles. The van der Waals surface area contributed by atoms with E-state index in [0.717, 1.165) is 6.07 Å². The first-order valence-corrected chi connectivity index (χ1v) is 8.72. The van der Waals surface area contributed by atoms with Crippen LogP contribution in [-0.4, -0.2) is 23.2 Å². The lowest BCUT2D eigenvalue weighted by Gasteiger charge is -2.27. The Morgan fingerprint density at radius 2 is 1.88 bits per heavy atom. The number of rotatable bonds is 2. The summed E-state index contributed by atoms with van der Waals surface area (Å²) in [5.41, 5.74) is 0.815. The Kier molecular flexibility index (Phi) is 5.25. The van der Waals surface area contributed by atoms with Crippen LogP contribution in [0.4, 0.5) is 11.4 Å². The van der Waals surface area contributed by atoms with Crippen molar-refractivity contribution in [1.29, 1.82) is 0 Å². The van der Waals surface area contributed by atoms with E-state index in [9.17, 15) is 19.7 Å². The first kappa shape index (κ1) is 18.4. The van der Waals surface area contributed by atoms with Gasteiger partial charge in [0.1, 0.15) is 0 Å². The van der Waals surface area contributed by atoms with Crippen LogP contribution >= 0.6 is 23.2 Å². The zero-order chi connectivity index (χ0) is 18.8. The lowest BCUT2D eigenvalue weighted by Crippen LogP contribution is -2.34. The van der Waals surface area contributed by atoms with Crippen LogP contribution in [0.2, 0.25) is 10.0 Å². The van der Waals surface area contributed by atoms with E-state index in [2.05, 4.69) is 0 Å². The second kappa shape index (κ2) is 7.43. The van der Waals surface area contributed by atoms with E-state index >= 15 is 0 Å². The molecule has 1 amide bonds. The van der Waals surface area contributed by atoms with Gasteiger partial charge in [-0.15, -0.1) is 0 Å². The SMILES string of the molecule is O=C1CCCCN(C(=O)c2ccc([N+](=O)[O-])cc2Cl)c2ccc(Cl)cc21. The quantitative estimate of drug-likeness (QED) is 0.536. The minimum atomic E-state index is -0.577. The average molecular weight is 393 g/mol. The molecule has 0 fully saturated rings. The Bertz CT molecular complexity index is 914. The maximum absolute atomic E-state index is 13.0. The van der Waals surface area contributed by atoms with Crippen LogP contribution in [-0.2, 0) is 0 Å². The van der Waals surface area contributed by atoms with Crippen molar-refractivity contribution in [1.82, 2.24) is 0 Å². The van der Waals surface area contributed by atoms with E-state index < -0.39 is 10.8 Å². The molecule has 2 aromatic rings. The van der Waals surface area contributed by atoms with Crippen LogP contribution in [0.1, 0.15) is 40.0 Å². The number of carbonyl (C=O) groups excluding carboxylic acids is 2. The molecule has 6 nitrogen and oxygen atoms in total. The average Bonchev–Trinajstić information content (AvgIpc) is 2.60. The Morgan fingerprint density at radius 3 is 2.58 bits per heavy atom. The van der Waals surface area contributed by atoms with E-state index in [1.54, 1.807) is 18.2 Å². The largest absolute Gasteiger partial charge is 0.308 e. The fourth-order valence-electron chi connectivity index (χ4n) is 2.92. The number of benzene rings is 2. The summed E-state index contributed by atoms with van der Waals surface area (Å²) < 4.78 is 0. The van der Waals surface area contributed by atoms with Crippen LogP contribution in [0, 0.1) is 10.1 Å². The normalized spacial score (nSPS) is 14.4. The zero-order valence-corrected chi connectivity index (χ0v) is 15.1.